The fraction of sp³-hybridized carbons (Fsp3) is 0.211. The van der Waals surface area contributed by atoms with Crippen LogP contribution in [0.1, 0.15) is 22.3 Å². The molecule has 0 spiro atoms. The lowest BCUT2D eigenvalue weighted by Crippen LogP contribution is -2.28. The molecule has 1 aliphatic rings. The van der Waals surface area contributed by atoms with Gasteiger partial charge < -0.3 is 20.1 Å². The van der Waals surface area contributed by atoms with E-state index in [-0.39, 0.29) is 23.8 Å². The largest absolute Gasteiger partial charge is 0.545 e. The number of carboxylic acid groups (broad SMARTS) is 1. The Labute approximate surface area is 145 Å². The van der Waals surface area contributed by atoms with Crippen LogP contribution < -0.4 is 15.3 Å². The summed E-state index contributed by atoms with van der Waals surface area (Å²) in [6.07, 6.45) is 0.150. The molecular formula is C19H17N2O4-. The van der Waals surface area contributed by atoms with Crippen LogP contribution in [0.5, 0.6) is 0 Å². The Kier molecular flexibility index (Phi) is 4.52. The highest BCUT2D eigenvalue weighted by atomic mass is 16.4. The van der Waals surface area contributed by atoms with Gasteiger partial charge in [0, 0.05) is 24.3 Å². The van der Waals surface area contributed by atoms with Crippen LogP contribution in [0.25, 0.3) is 0 Å². The summed E-state index contributed by atoms with van der Waals surface area (Å²) in [5, 5.41) is 13.5. The number of nitrogens with zero attached hydrogens (tertiary/aromatic N) is 1. The van der Waals surface area contributed by atoms with E-state index in [2.05, 4.69) is 5.32 Å². The number of hydrogen-bond acceptors (Lipinski definition) is 4. The van der Waals surface area contributed by atoms with Crippen molar-refractivity contribution in [1.29, 1.82) is 0 Å². The van der Waals surface area contributed by atoms with Gasteiger partial charge in [0.05, 0.1) is 11.9 Å². The van der Waals surface area contributed by atoms with Gasteiger partial charge in [-0.15, -0.1) is 0 Å². The monoisotopic (exact) mass is 337 g/mol. The van der Waals surface area contributed by atoms with E-state index < -0.39 is 11.9 Å². The Morgan fingerprint density at radius 3 is 2.52 bits per heavy atom. The molecule has 0 aliphatic carbocycles. The molecule has 0 aromatic heterocycles. The highest BCUT2D eigenvalue weighted by Crippen LogP contribution is 2.26. The van der Waals surface area contributed by atoms with Crippen LogP contribution in [0.15, 0.2) is 48.5 Å². The Balaban J connectivity index is 1.67. The molecule has 25 heavy (non-hydrogen) atoms. The van der Waals surface area contributed by atoms with Crippen LogP contribution in [0.2, 0.25) is 0 Å². The Bertz CT molecular complexity index is 830. The number of carbonyl (C=O) groups excluding carboxylic acids is 3. The van der Waals surface area contributed by atoms with Gasteiger partial charge in [-0.25, -0.2) is 0 Å². The van der Waals surface area contributed by atoms with E-state index in [9.17, 15) is 19.5 Å². The summed E-state index contributed by atoms with van der Waals surface area (Å²) in [6.45, 7) is 2.27. The van der Waals surface area contributed by atoms with E-state index in [1.54, 1.807) is 4.90 Å². The number of aryl methyl sites for hydroxylation is 1. The lowest BCUT2D eigenvalue weighted by atomic mass is 10.1. The maximum atomic E-state index is 12.4. The molecule has 0 unspecified atom stereocenters. The second-order valence-electron chi connectivity index (χ2n) is 6.10. The van der Waals surface area contributed by atoms with Gasteiger partial charge in [-0.05, 0) is 42.3 Å². The van der Waals surface area contributed by atoms with E-state index in [1.165, 1.54) is 24.3 Å². The van der Waals surface area contributed by atoms with Crippen molar-refractivity contribution in [3.05, 3.63) is 59.7 Å². The lowest BCUT2D eigenvalue weighted by Gasteiger charge is -2.17. The summed E-state index contributed by atoms with van der Waals surface area (Å²) in [6, 6.07) is 13.3. The summed E-state index contributed by atoms with van der Waals surface area (Å²) in [4.78, 5) is 37.0. The summed E-state index contributed by atoms with van der Waals surface area (Å²) in [5.74, 6) is -2.07. The average Bonchev–Trinajstić information content (AvgIpc) is 2.97. The summed E-state index contributed by atoms with van der Waals surface area (Å²) >= 11 is 0. The van der Waals surface area contributed by atoms with Crippen LogP contribution in [0.4, 0.5) is 11.4 Å². The third-order valence-electron chi connectivity index (χ3n) is 4.20. The fourth-order valence-electron chi connectivity index (χ4n) is 2.86. The van der Waals surface area contributed by atoms with Crippen molar-refractivity contribution in [1.82, 2.24) is 0 Å². The summed E-state index contributed by atoms with van der Waals surface area (Å²) < 4.78 is 0. The molecule has 1 aliphatic heterocycles. The SMILES string of the molecule is Cc1cccc(N2C[C@H](C(=O)Nc3ccc(C(=O)[O-])cc3)CC2=O)c1. The van der Waals surface area contributed by atoms with Crippen molar-refractivity contribution in [3.8, 4) is 0 Å². The molecule has 2 aromatic carbocycles. The van der Waals surface area contributed by atoms with Gasteiger partial charge >= 0.3 is 0 Å². The first-order chi connectivity index (χ1) is 11.9. The number of nitrogens with one attached hydrogen (secondary N) is 1. The van der Waals surface area contributed by atoms with Crippen molar-refractivity contribution < 1.29 is 19.5 Å². The highest BCUT2D eigenvalue weighted by Gasteiger charge is 2.35. The number of anilines is 2. The first kappa shape index (κ1) is 16.7. The van der Waals surface area contributed by atoms with Crippen LogP contribution in [-0.2, 0) is 9.59 Å². The first-order valence-electron chi connectivity index (χ1n) is 7.93. The van der Waals surface area contributed by atoms with Crippen molar-refractivity contribution in [2.45, 2.75) is 13.3 Å². The smallest absolute Gasteiger partial charge is 0.229 e. The van der Waals surface area contributed by atoms with E-state index >= 15 is 0 Å². The standard InChI is InChI=1S/C19H18N2O4/c1-12-3-2-4-16(9-12)21-11-14(10-17(21)22)18(23)20-15-7-5-13(6-8-15)19(24)25/h2-9,14H,10-11H2,1H3,(H,20,23)(H,24,25)/p-1/t14-/m1/s1. The maximum Gasteiger partial charge on any atom is 0.229 e. The minimum Gasteiger partial charge on any atom is -0.545 e. The van der Waals surface area contributed by atoms with Crippen LogP contribution in [-0.4, -0.2) is 24.3 Å². The van der Waals surface area contributed by atoms with Gasteiger partial charge in [0.1, 0.15) is 0 Å². The van der Waals surface area contributed by atoms with Gasteiger partial charge in [0.2, 0.25) is 11.8 Å². The molecule has 1 saturated heterocycles. The molecule has 6 nitrogen and oxygen atoms in total. The third kappa shape index (κ3) is 3.68. The van der Waals surface area contributed by atoms with Crippen LogP contribution >= 0.6 is 0 Å². The summed E-state index contributed by atoms with van der Waals surface area (Å²) in [5.41, 5.74) is 2.36. The van der Waals surface area contributed by atoms with E-state index in [4.69, 9.17) is 0 Å². The zero-order chi connectivity index (χ0) is 18.0. The van der Waals surface area contributed by atoms with Gasteiger partial charge in [-0.1, -0.05) is 24.3 Å². The Morgan fingerprint density at radius 1 is 1.16 bits per heavy atom. The van der Waals surface area contributed by atoms with Crippen molar-refractivity contribution >= 4 is 29.2 Å². The molecular weight excluding hydrogens is 320 g/mol. The summed E-state index contributed by atoms with van der Waals surface area (Å²) in [7, 11) is 0. The fourth-order valence-corrected chi connectivity index (χ4v) is 2.86. The zero-order valence-corrected chi connectivity index (χ0v) is 13.7. The number of hydrogen-bond donors (Lipinski definition) is 1. The van der Waals surface area contributed by atoms with Crippen LogP contribution in [0, 0.1) is 12.8 Å². The van der Waals surface area contributed by atoms with Gasteiger partial charge in [0.15, 0.2) is 0 Å². The lowest BCUT2D eigenvalue weighted by molar-refractivity contribution is -0.255. The highest BCUT2D eigenvalue weighted by molar-refractivity contribution is 6.03. The van der Waals surface area contributed by atoms with Crippen LogP contribution in [0.3, 0.4) is 0 Å². The number of carboxylic acids is 1. The second-order valence-corrected chi connectivity index (χ2v) is 6.10. The normalized spacial score (nSPS) is 16.8. The molecule has 0 bridgehead atoms. The predicted octanol–water partition coefficient (Wildman–Crippen LogP) is 1.35. The minimum atomic E-state index is -1.27. The van der Waals surface area contributed by atoms with Gasteiger partial charge in [-0.2, -0.15) is 0 Å². The Hall–Kier alpha value is -3.15. The number of rotatable bonds is 4. The van der Waals surface area contributed by atoms with E-state index in [0.29, 0.717) is 12.2 Å². The van der Waals surface area contributed by atoms with E-state index in [0.717, 1.165) is 11.3 Å². The minimum absolute atomic E-state index is 0.0414. The number of carbonyl (C=O) groups is 3. The molecule has 3 rings (SSSR count). The molecule has 2 aromatic rings. The molecule has 0 radical (unpaired) electrons. The molecule has 128 valence electrons. The average molecular weight is 337 g/mol. The predicted molar refractivity (Wildman–Crippen MR) is 91.0 cm³/mol. The molecule has 1 fully saturated rings. The topological polar surface area (TPSA) is 89.5 Å². The number of aromatic carboxylic acids is 1. The molecule has 1 N–H and O–H groups in total. The van der Waals surface area contributed by atoms with E-state index in [1.807, 2.05) is 31.2 Å². The van der Waals surface area contributed by atoms with Crippen molar-refractivity contribution in [2.75, 3.05) is 16.8 Å². The Morgan fingerprint density at radius 2 is 1.88 bits per heavy atom. The quantitative estimate of drug-likeness (QED) is 0.912. The zero-order valence-electron chi connectivity index (χ0n) is 13.7. The first-order valence-corrected chi connectivity index (χ1v) is 7.93. The molecule has 1 atom stereocenters. The molecule has 2 amide bonds. The maximum absolute atomic E-state index is 12.4. The molecule has 1 heterocycles. The third-order valence-corrected chi connectivity index (χ3v) is 4.20. The molecule has 6 heteroatoms. The van der Waals surface area contributed by atoms with Gasteiger partial charge in [0.25, 0.3) is 0 Å². The number of benzene rings is 2. The molecule has 0 saturated carbocycles. The van der Waals surface area contributed by atoms with Crippen molar-refractivity contribution in [2.24, 2.45) is 5.92 Å². The number of amides is 2. The van der Waals surface area contributed by atoms with Crippen molar-refractivity contribution in [3.63, 3.8) is 0 Å². The second kappa shape index (κ2) is 6.76. The van der Waals surface area contributed by atoms with Gasteiger partial charge in [-0.3, -0.25) is 9.59 Å².